The van der Waals surface area contributed by atoms with E-state index in [1.165, 1.54) is 11.3 Å². The van der Waals surface area contributed by atoms with Gasteiger partial charge in [-0.15, -0.1) is 11.3 Å². The quantitative estimate of drug-likeness (QED) is 0.456. The highest BCUT2D eigenvalue weighted by Gasteiger charge is 2.13. The van der Waals surface area contributed by atoms with Crippen LogP contribution in [-0.4, -0.2) is 22.5 Å². The van der Waals surface area contributed by atoms with Crippen LogP contribution in [0.3, 0.4) is 0 Å². The van der Waals surface area contributed by atoms with Gasteiger partial charge in [-0.3, -0.25) is 9.59 Å². The van der Waals surface area contributed by atoms with E-state index in [1.54, 1.807) is 10.8 Å². The topological polar surface area (TPSA) is 102 Å². The van der Waals surface area contributed by atoms with E-state index >= 15 is 0 Å². The molecule has 1 amide bonds. The predicted octanol–water partition coefficient (Wildman–Crippen LogP) is 2.67. The van der Waals surface area contributed by atoms with Crippen molar-refractivity contribution in [1.82, 2.24) is 20.2 Å². The zero-order valence-corrected chi connectivity index (χ0v) is 19.1. The number of halogens is 1. The highest BCUT2D eigenvalue weighted by atomic mass is 35.5. The largest absolute Gasteiger partial charge is 0.375 e. The van der Waals surface area contributed by atoms with E-state index in [2.05, 4.69) is 15.6 Å². The van der Waals surface area contributed by atoms with E-state index in [9.17, 15) is 9.59 Å². The number of amides is 1. The molecule has 0 saturated carbocycles. The molecule has 0 bridgehead atoms. The molecule has 2 aromatic heterocycles. The lowest BCUT2D eigenvalue weighted by Gasteiger charge is -2.13. The highest BCUT2D eigenvalue weighted by molar-refractivity contribution is 7.13. The Morgan fingerprint density at radius 1 is 1.26 bits per heavy atom. The minimum Gasteiger partial charge on any atom is -0.375 e. The third-order valence-electron chi connectivity index (χ3n) is 5.03. The van der Waals surface area contributed by atoms with Crippen molar-refractivity contribution in [1.29, 1.82) is 0 Å². The molecule has 9 heteroatoms. The van der Waals surface area contributed by atoms with E-state index in [0.29, 0.717) is 41.8 Å². The van der Waals surface area contributed by atoms with Crippen molar-refractivity contribution in [3.63, 3.8) is 0 Å². The van der Waals surface area contributed by atoms with Crippen LogP contribution >= 0.6 is 22.9 Å². The predicted molar refractivity (Wildman–Crippen MR) is 125 cm³/mol. The van der Waals surface area contributed by atoms with Gasteiger partial charge in [0.15, 0.2) is 5.13 Å². The fourth-order valence-electron chi connectivity index (χ4n) is 3.31. The molecular weight excluding hydrogens is 434 g/mol. The number of carbonyl (C=O) groups excluding carboxylic acids is 1. The lowest BCUT2D eigenvalue weighted by molar-refractivity contribution is -0.120. The zero-order chi connectivity index (χ0) is 22.4. The number of anilines is 1. The number of hydrogen-bond donors (Lipinski definition) is 3. The molecule has 0 atom stereocenters. The molecule has 2 heterocycles. The summed E-state index contributed by atoms with van der Waals surface area (Å²) in [6.45, 7) is 3.35. The third-order valence-corrected chi connectivity index (χ3v) is 5.98. The normalized spacial score (nSPS) is 10.9. The Hall–Kier alpha value is -2.68. The van der Waals surface area contributed by atoms with Crippen LogP contribution in [0.15, 0.2) is 40.6 Å². The van der Waals surface area contributed by atoms with Gasteiger partial charge in [-0.2, -0.15) is 0 Å². The van der Waals surface area contributed by atoms with E-state index in [4.69, 9.17) is 17.3 Å². The Morgan fingerprint density at radius 3 is 2.77 bits per heavy atom. The first-order valence-corrected chi connectivity index (χ1v) is 11.2. The molecule has 0 radical (unpaired) electrons. The minimum atomic E-state index is -0.208. The molecule has 0 unspecified atom stereocenters. The van der Waals surface area contributed by atoms with Gasteiger partial charge in [-0.25, -0.2) is 4.98 Å². The molecular formula is C22H26ClN5O2S. The highest BCUT2D eigenvalue weighted by Crippen LogP contribution is 2.16. The number of benzene rings is 1. The van der Waals surface area contributed by atoms with Crippen LogP contribution in [0.25, 0.3) is 0 Å². The summed E-state index contributed by atoms with van der Waals surface area (Å²) in [5.74, 6) is -0.208. The van der Waals surface area contributed by atoms with Gasteiger partial charge >= 0.3 is 0 Å². The molecule has 0 fully saturated rings. The number of nitrogens with one attached hydrogen (secondary N) is 2. The van der Waals surface area contributed by atoms with E-state index in [-0.39, 0.29) is 17.9 Å². The van der Waals surface area contributed by atoms with E-state index in [1.807, 2.05) is 43.6 Å². The number of nitrogens with zero attached hydrogens (tertiary/aromatic N) is 2. The molecule has 0 aliphatic rings. The lowest BCUT2D eigenvalue weighted by Crippen LogP contribution is -2.31. The molecule has 7 nitrogen and oxygen atoms in total. The third kappa shape index (κ3) is 6.16. The first-order valence-electron chi connectivity index (χ1n) is 9.94. The first-order chi connectivity index (χ1) is 14.9. The number of nitrogen functional groups attached to an aromatic ring is 1. The number of hydrogen-bond acceptors (Lipinski definition) is 6. The summed E-state index contributed by atoms with van der Waals surface area (Å²) in [7, 11) is 1.86. The molecule has 1 aromatic carbocycles. The summed E-state index contributed by atoms with van der Waals surface area (Å²) < 4.78 is 1.62. The van der Waals surface area contributed by atoms with Crippen LogP contribution in [0.4, 0.5) is 5.13 Å². The Labute approximate surface area is 190 Å². The number of pyridine rings is 1. The maximum atomic E-state index is 12.9. The molecule has 0 saturated heterocycles. The van der Waals surface area contributed by atoms with Crippen LogP contribution in [0.5, 0.6) is 0 Å². The smallest absolute Gasteiger partial charge is 0.254 e. The summed E-state index contributed by atoms with van der Waals surface area (Å²) in [4.78, 5) is 29.8. The lowest BCUT2D eigenvalue weighted by atomic mass is 10.1. The van der Waals surface area contributed by atoms with Gasteiger partial charge in [0.2, 0.25) is 5.91 Å². The standard InChI is InChI=1S/C22H26ClN5O2S/c1-14-5-7-28(8-6-18-13-31-22(24)27-18)21(30)19(14)10-20(29)26-12-16-9-17(23)4-3-15(16)11-25-2/h3-5,7,9,13,25H,6,8,10-12H2,1-2H3,(H2,24,27)(H,26,29). The summed E-state index contributed by atoms with van der Waals surface area (Å²) in [5.41, 5.74) is 9.67. The zero-order valence-electron chi connectivity index (χ0n) is 17.6. The Bertz CT molecular complexity index is 1130. The van der Waals surface area contributed by atoms with Crippen molar-refractivity contribution < 1.29 is 4.79 Å². The number of nitrogens with two attached hydrogens (primary N) is 1. The monoisotopic (exact) mass is 459 g/mol. The number of aryl methyl sites for hydroxylation is 3. The molecule has 0 aliphatic heterocycles. The van der Waals surface area contributed by atoms with Gasteiger partial charge in [0.25, 0.3) is 5.56 Å². The Morgan fingerprint density at radius 2 is 2.06 bits per heavy atom. The molecule has 4 N–H and O–H groups in total. The SMILES string of the molecule is CNCc1ccc(Cl)cc1CNC(=O)Cc1c(C)ccn(CCc2csc(N)n2)c1=O. The summed E-state index contributed by atoms with van der Waals surface area (Å²) in [5, 5.41) is 9.04. The molecule has 3 rings (SSSR count). The molecule has 0 aliphatic carbocycles. The minimum absolute atomic E-state index is 0.0249. The van der Waals surface area contributed by atoms with Crippen molar-refractivity contribution in [2.45, 2.75) is 39.4 Å². The van der Waals surface area contributed by atoms with Crippen molar-refractivity contribution in [3.8, 4) is 0 Å². The molecule has 164 valence electrons. The van der Waals surface area contributed by atoms with Crippen molar-refractivity contribution >= 4 is 34.0 Å². The number of thiazole rings is 1. The van der Waals surface area contributed by atoms with Gasteiger partial charge in [-0.05, 0) is 48.9 Å². The van der Waals surface area contributed by atoms with Gasteiger partial charge in [-0.1, -0.05) is 17.7 Å². The van der Waals surface area contributed by atoms with Crippen LogP contribution < -0.4 is 21.9 Å². The van der Waals surface area contributed by atoms with Gasteiger partial charge < -0.3 is 20.9 Å². The maximum Gasteiger partial charge on any atom is 0.254 e. The number of aromatic nitrogens is 2. The fraction of sp³-hybridized carbons (Fsp3) is 0.318. The average Bonchev–Trinajstić information content (AvgIpc) is 3.16. The molecule has 31 heavy (non-hydrogen) atoms. The van der Waals surface area contributed by atoms with E-state index in [0.717, 1.165) is 22.4 Å². The Balaban J connectivity index is 1.67. The van der Waals surface area contributed by atoms with Crippen molar-refractivity contribution in [2.24, 2.45) is 0 Å². The summed E-state index contributed by atoms with van der Waals surface area (Å²) in [6, 6.07) is 7.48. The second kappa shape index (κ2) is 10.6. The molecule has 3 aromatic rings. The number of carbonyl (C=O) groups is 1. The maximum absolute atomic E-state index is 12.9. The average molecular weight is 460 g/mol. The molecule has 0 spiro atoms. The second-order valence-corrected chi connectivity index (χ2v) is 8.63. The number of rotatable bonds is 9. The second-order valence-electron chi connectivity index (χ2n) is 7.30. The van der Waals surface area contributed by atoms with Crippen molar-refractivity contribution in [2.75, 3.05) is 12.8 Å². The summed E-state index contributed by atoms with van der Waals surface area (Å²) >= 11 is 7.49. The van der Waals surface area contributed by atoms with Crippen molar-refractivity contribution in [3.05, 3.63) is 79.2 Å². The van der Waals surface area contributed by atoms with Gasteiger partial charge in [0.05, 0.1) is 12.1 Å². The van der Waals surface area contributed by atoms with Crippen LogP contribution in [-0.2, 0) is 37.3 Å². The Kier molecular flexibility index (Phi) is 7.84. The van der Waals surface area contributed by atoms with Crippen LogP contribution in [0.1, 0.15) is 27.9 Å². The summed E-state index contributed by atoms with van der Waals surface area (Å²) in [6.07, 6.45) is 2.38. The van der Waals surface area contributed by atoms with Crippen LogP contribution in [0.2, 0.25) is 5.02 Å². The first kappa shape index (κ1) is 23.0. The van der Waals surface area contributed by atoms with Gasteiger partial charge in [0, 0.05) is 48.2 Å². The van der Waals surface area contributed by atoms with E-state index < -0.39 is 0 Å². The van der Waals surface area contributed by atoms with Gasteiger partial charge in [0.1, 0.15) is 0 Å². The van der Waals surface area contributed by atoms with Crippen LogP contribution in [0, 0.1) is 6.92 Å². The fourth-order valence-corrected chi connectivity index (χ4v) is 4.11.